The highest BCUT2D eigenvalue weighted by Crippen LogP contribution is 2.31. The third kappa shape index (κ3) is 3.90. The molecule has 8 heteroatoms. The van der Waals surface area contributed by atoms with Crippen LogP contribution in [-0.2, 0) is 0 Å². The number of carbonyl (C=O) groups is 1. The highest BCUT2D eigenvalue weighted by Gasteiger charge is 2.20. The number of hydrogen-bond donors (Lipinski definition) is 1. The summed E-state index contributed by atoms with van der Waals surface area (Å²) < 4.78 is 2.30. The predicted molar refractivity (Wildman–Crippen MR) is 125 cm³/mol. The second-order valence-corrected chi connectivity index (χ2v) is 9.53. The molecule has 5 rings (SSSR count). The molecule has 6 nitrogen and oxygen atoms in total. The molecule has 0 bridgehead atoms. The number of nitrogens with zero attached hydrogens (tertiary/aromatic N) is 4. The van der Waals surface area contributed by atoms with Gasteiger partial charge in [-0.3, -0.25) is 9.69 Å². The largest absolute Gasteiger partial charge is 0.349 e. The van der Waals surface area contributed by atoms with Gasteiger partial charge in [0.05, 0.1) is 20.4 Å². The number of piperazine rings is 1. The molecule has 3 heterocycles. The number of aromatic nitrogens is 2. The molecule has 2 aromatic heterocycles. The van der Waals surface area contributed by atoms with Crippen molar-refractivity contribution < 1.29 is 4.79 Å². The van der Waals surface area contributed by atoms with Crippen molar-refractivity contribution in [2.24, 2.45) is 0 Å². The van der Waals surface area contributed by atoms with Gasteiger partial charge in [-0.2, -0.15) is 0 Å². The molecule has 0 radical (unpaired) electrons. The Kier molecular flexibility index (Phi) is 5.37. The number of amides is 1. The normalized spacial score (nSPS) is 15.2. The van der Waals surface area contributed by atoms with E-state index < -0.39 is 0 Å². The molecule has 0 unspecified atom stereocenters. The van der Waals surface area contributed by atoms with Crippen LogP contribution in [-0.4, -0.2) is 60.0 Å². The van der Waals surface area contributed by atoms with E-state index in [0.29, 0.717) is 11.6 Å². The Morgan fingerprint density at radius 3 is 2.60 bits per heavy atom. The second kappa shape index (κ2) is 8.29. The fourth-order valence-electron chi connectivity index (χ4n) is 3.75. The molecule has 154 valence electrons. The Morgan fingerprint density at radius 1 is 1.00 bits per heavy atom. The molecule has 4 aromatic rings. The number of fused-ring (bicyclic) bond motifs is 2. The average molecular weight is 438 g/mol. The third-order valence-electron chi connectivity index (χ3n) is 5.45. The van der Waals surface area contributed by atoms with Crippen LogP contribution in [0.15, 0.2) is 42.5 Å². The van der Waals surface area contributed by atoms with Gasteiger partial charge in [0.15, 0.2) is 10.1 Å². The van der Waals surface area contributed by atoms with Crippen LogP contribution in [0.3, 0.4) is 0 Å². The van der Waals surface area contributed by atoms with Crippen molar-refractivity contribution in [1.29, 1.82) is 0 Å². The van der Waals surface area contributed by atoms with Gasteiger partial charge in [-0.25, -0.2) is 9.97 Å². The molecule has 0 atom stereocenters. The van der Waals surface area contributed by atoms with Crippen LogP contribution in [0.2, 0.25) is 0 Å². The van der Waals surface area contributed by atoms with Crippen molar-refractivity contribution in [2.75, 3.05) is 44.2 Å². The van der Waals surface area contributed by atoms with Crippen molar-refractivity contribution >= 4 is 54.1 Å². The number of benzene rings is 2. The van der Waals surface area contributed by atoms with Gasteiger partial charge in [0, 0.05) is 39.3 Å². The molecule has 0 spiro atoms. The van der Waals surface area contributed by atoms with E-state index in [1.54, 1.807) is 11.3 Å². The molecule has 2 aromatic carbocycles. The molecule has 1 aliphatic heterocycles. The predicted octanol–water partition coefficient (Wildman–Crippen LogP) is 3.77. The standard InChI is InChI=1S/C22H23N5OS2/c1-15-5-4-8-18-19(15)25-22(30-18)27-13-11-26(12-14-27)10-9-23-20(28)21-24-16-6-2-3-7-17(16)29-21/h2-8H,9-14H2,1H3,(H,23,28). The number of aryl methyl sites for hydroxylation is 1. The summed E-state index contributed by atoms with van der Waals surface area (Å²) in [6.07, 6.45) is 0. The van der Waals surface area contributed by atoms with Gasteiger partial charge in [0.1, 0.15) is 0 Å². The van der Waals surface area contributed by atoms with Crippen LogP contribution in [0, 0.1) is 6.92 Å². The van der Waals surface area contributed by atoms with E-state index >= 15 is 0 Å². The number of nitrogens with one attached hydrogen (secondary N) is 1. The van der Waals surface area contributed by atoms with Crippen LogP contribution in [0.25, 0.3) is 20.4 Å². The second-order valence-electron chi connectivity index (χ2n) is 7.49. The molecule has 1 saturated heterocycles. The minimum atomic E-state index is -0.0836. The van der Waals surface area contributed by atoms with Crippen molar-refractivity contribution in [3.63, 3.8) is 0 Å². The maximum atomic E-state index is 12.4. The maximum Gasteiger partial charge on any atom is 0.280 e. The fraction of sp³-hybridized carbons (Fsp3) is 0.318. The number of para-hydroxylation sites is 2. The summed E-state index contributed by atoms with van der Waals surface area (Å²) in [7, 11) is 0. The zero-order valence-electron chi connectivity index (χ0n) is 16.8. The Morgan fingerprint density at radius 2 is 1.80 bits per heavy atom. The van der Waals surface area contributed by atoms with Gasteiger partial charge in [0.2, 0.25) is 0 Å². The number of anilines is 1. The van der Waals surface area contributed by atoms with Gasteiger partial charge in [-0.05, 0) is 30.7 Å². The van der Waals surface area contributed by atoms with Gasteiger partial charge >= 0.3 is 0 Å². The lowest BCUT2D eigenvalue weighted by molar-refractivity contribution is 0.0947. The first-order valence-corrected chi connectivity index (χ1v) is 11.8. The topological polar surface area (TPSA) is 61.4 Å². The Bertz CT molecular complexity index is 1160. The van der Waals surface area contributed by atoms with Crippen LogP contribution >= 0.6 is 22.7 Å². The summed E-state index contributed by atoms with van der Waals surface area (Å²) in [6.45, 7) is 7.48. The first kappa shape index (κ1) is 19.4. The summed E-state index contributed by atoms with van der Waals surface area (Å²) in [5.74, 6) is -0.0836. The Hall–Kier alpha value is -2.55. The van der Waals surface area contributed by atoms with E-state index in [9.17, 15) is 4.79 Å². The number of carbonyl (C=O) groups excluding carboxylic acids is 1. The van der Waals surface area contributed by atoms with Crippen molar-refractivity contribution in [2.45, 2.75) is 6.92 Å². The molecular formula is C22H23N5OS2. The molecule has 1 fully saturated rings. The lowest BCUT2D eigenvalue weighted by Crippen LogP contribution is -2.48. The molecule has 1 amide bonds. The zero-order valence-corrected chi connectivity index (χ0v) is 18.4. The van der Waals surface area contributed by atoms with Crippen LogP contribution in [0.4, 0.5) is 5.13 Å². The van der Waals surface area contributed by atoms with Crippen LogP contribution < -0.4 is 10.2 Å². The van der Waals surface area contributed by atoms with E-state index in [0.717, 1.165) is 53.6 Å². The molecule has 30 heavy (non-hydrogen) atoms. The number of thiazole rings is 2. The van der Waals surface area contributed by atoms with E-state index in [-0.39, 0.29) is 5.91 Å². The van der Waals surface area contributed by atoms with Gasteiger partial charge in [0.25, 0.3) is 5.91 Å². The molecule has 1 aliphatic rings. The highest BCUT2D eigenvalue weighted by atomic mass is 32.1. The Labute approximate surface area is 183 Å². The van der Waals surface area contributed by atoms with Crippen LogP contribution in [0.5, 0.6) is 0 Å². The smallest absolute Gasteiger partial charge is 0.280 e. The summed E-state index contributed by atoms with van der Waals surface area (Å²) in [6, 6.07) is 14.2. The van der Waals surface area contributed by atoms with Crippen LogP contribution in [0.1, 0.15) is 15.4 Å². The first-order chi connectivity index (χ1) is 14.7. The molecular weight excluding hydrogens is 414 g/mol. The maximum absolute atomic E-state index is 12.4. The van der Waals surface area contributed by atoms with Gasteiger partial charge in [-0.1, -0.05) is 35.6 Å². The third-order valence-corrected chi connectivity index (χ3v) is 7.57. The monoisotopic (exact) mass is 437 g/mol. The summed E-state index contributed by atoms with van der Waals surface area (Å²) in [4.78, 5) is 26.5. The van der Waals surface area contributed by atoms with Gasteiger partial charge < -0.3 is 10.2 Å². The van der Waals surface area contributed by atoms with Crippen molar-refractivity contribution in [3.05, 3.63) is 53.0 Å². The number of rotatable bonds is 5. The highest BCUT2D eigenvalue weighted by molar-refractivity contribution is 7.22. The Balaban J connectivity index is 1.12. The zero-order chi connectivity index (χ0) is 20.5. The molecule has 0 saturated carbocycles. The van der Waals surface area contributed by atoms with Crippen molar-refractivity contribution in [1.82, 2.24) is 20.2 Å². The number of hydrogen-bond acceptors (Lipinski definition) is 7. The average Bonchev–Trinajstić information content (AvgIpc) is 3.39. The van der Waals surface area contributed by atoms with Crippen molar-refractivity contribution in [3.8, 4) is 0 Å². The van der Waals surface area contributed by atoms with E-state index in [2.05, 4.69) is 45.2 Å². The summed E-state index contributed by atoms with van der Waals surface area (Å²) in [5.41, 5.74) is 3.24. The first-order valence-electron chi connectivity index (χ1n) is 10.1. The summed E-state index contributed by atoms with van der Waals surface area (Å²) >= 11 is 3.22. The molecule has 1 N–H and O–H groups in total. The fourth-order valence-corrected chi connectivity index (χ4v) is 5.72. The minimum Gasteiger partial charge on any atom is -0.349 e. The van der Waals surface area contributed by atoms with Gasteiger partial charge in [-0.15, -0.1) is 11.3 Å². The minimum absolute atomic E-state index is 0.0836. The lowest BCUT2D eigenvalue weighted by atomic mass is 10.2. The molecule has 0 aliphatic carbocycles. The lowest BCUT2D eigenvalue weighted by Gasteiger charge is -2.34. The summed E-state index contributed by atoms with van der Waals surface area (Å²) in [5, 5.41) is 4.67. The SMILES string of the molecule is Cc1cccc2sc(N3CCN(CCNC(=O)c4nc5ccccc5s4)CC3)nc12. The van der Waals surface area contributed by atoms with E-state index in [4.69, 9.17) is 4.98 Å². The van der Waals surface area contributed by atoms with E-state index in [1.165, 1.54) is 21.6 Å². The quantitative estimate of drug-likeness (QED) is 0.515. The van der Waals surface area contributed by atoms with E-state index in [1.807, 2.05) is 24.3 Å².